The Morgan fingerprint density at radius 3 is 2.83 bits per heavy atom. The fraction of sp³-hybridized carbons (Fsp3) is 0.167. The van der Waals surface area contributed by atoms with Crippen LogP contribution < -0.4 is 0 Å². The molecule has 0 bridgehead atoms. The monoisotopic (exact) mass is 232 g/mol. The number of nitro groups is 1. The Balaban J connectivity index is 3.12. The van der Waals surface area contributed by atoms with Crippen molar-refractivity contribution in [1.29, 1.82) is 0 Å². The molecule has 0 aliphatic heterocycles. The van der Waals surface area contributed by atoms with Gasteiger partial charge < -0.3 is 15.2 Å². The van der Waals surface area contributed by atoms with Crippen LogP contribution in [0.25, 0.3) is 0 Å². The first-order valence-corrected chi connectivity index (χ1v) is 3.84. The first-order chi connectivity index (χ1) is 5.65. The van der Waals surface area contributed by atoms with Crippen LogP contribution >= 0.6 is 15.9 Å². The maximum Gasteiger partial charge on any atom is 0.377 e. The summed E-state index contributed by atoms with van der Waals surface area (Å²) in [5, 5.41) is 18.9. The van der Waals surface area contributed by atoms with E-state index < -0.39 is 4.92 Å². The molecule has 12 heavy (non-hydrogen) atoms. The Bertz CT molecular complexity index is 316. The number of aliphatic hydroxyl groups excluding tert-OH is 1. The van der Waals surface area contributed by atoms with Crippen molar-refractivity contribution in [3.63, 3.8) is 0 Å². The number of nitrogens with zero attached hydrogens (tertiary/aromatic N) is 2. The summed E-state index contributed by atoms with van der Waals surface area (Å²) in [5.74, 6) is -0.243. The van der Waals surface area contributed by atoms with Crippen molar-refractivity contribution >= 4 is 21.7 Å². The maximum atomic E-state index is 10.3. The van der Waals surface area contributed by atoms with Crippen LogP contribution in [-0.4, -0.2) is 15.0 Å². The average Bonchev–Trinajstić information content (AvgIpc) is 2.03. The molecule has 0 unspecified atom stereocenters. The highest BCUT2D eigenvalue weighted by Crippen LogP contribution is 2.22. The fourth-order valence-corrected chi connectivity index (χ4v) is 1.23. The summed E-state index contributed by atoms with van der Waals surface area (Å²) < 4.78 is 0.277. The van der Waals surface area contributed by atoms with E-state index in [9.17, 15) is 10.1 Å². The molecule has 64 valence electrons. The van der Waals surface area contributed by atoms with Gasteiger partial charge in [-0.2, -0.15) is 0 Å². The number of halogens is 1. The van der Waals surface area contributed by atoms with Gasteiger partial charge in [-0.05, 0) is 31.9 Å². The lowest BCUT2D eigenvalue weighted by Crippen LogP contribution is -1.94. The van der Waals surface area contributed by atoms with E-state index in [4.69, 9.17) is 5.11 Å². The van der Waals surface area contributed by atoms with E-state index in [1.165, 1.54) is 12.3 Å². The van der Waals surface area contributed by atoms with Crippen molar-refractivity contribution < 1.29 is 10.0 Å². The second-order valence-corrected chi connectivity index (χ2v) is 2.92. The molecule has 0 radical (unpaired) electrons. The van der Waals surface area contributed by atoms with Crippen LogP contribution in [0.3, 0.4) is 0 Å². The van der Waals surface area contributed by atoms with Gasteiger partial charge in [0.15, 0.2) is 0 Å². The summed E-state index contributed by atoms with van der Waals surface area (Å²) in [4.78, 5) is 13.2. The summed E-state index contributed by atoms with van der Waals surface area (Å²) >= 11 is 2.97. The first kappa shape index (κ1) is 9.08. The summed E-state index contributed by atoms with van der Waals surface area (Å²) in [5.41, 5.74) is 0.535. The van der Waals surface area contributed by atoms with Gasteiger partial charge in [-0.3, -0.25) is 0 Å². The summed E-state index contributed by atoms with van der Waals surface area (Å²) in [6, 6.07) is 1.46. The molecule has 1 N–H and O–H groups in total. The van der Waals surface area contributed by atoms with Crippen molar-refractivity contribution in [2.75, 3.05) is 0 Å². The van der Waals surface area contributed by atoms with Gasteiger partial charge in [0.25, 0.3) is 0 Å². The van der Waals surface area contributed by atoms with Crippen LogP contribution in [0.4, 0.5) is 5.82 Å². The molecule has 1 aromatic rings. The Kier molecular flexibility index (Phi) is 2.72. The molecule has 5 nitrogen and oxygen atoms in total. The van der Waals surface area contributed by atoms with E-state index in [2.05, 4.69) is 20.9 Å². The van der Waals surface area contributed by atoms with Crippen LogP contribution in [-0.2, 0) is 6.61 Å². The van der Waals surface area contributed by atoms with Crippen molar-refractivity contribution in [2.45, 2.75) is 6.61 Å². The Hall–Kier alpha value is -1.01. The van der Waals surface area contributed by atoms with Gasteiger partial charge in [-0.1, -0.05) is 0 Å². The molecule has 6 heteroatoms. The molecule has 0 amide bonds. The first-order valence-electron chi connectivity index (χ1n) is 3.05. The van der Waals surface area contributed by atoms with Crippen LogP contribution in [0, 0.1) is 10.1 Å². The fourth-order valence-electron chi connectivity index (χ4n) is 0.691. The summed E-state index contributed by atoms with van der Waals surface area (Å²) in [6.07, 6.45) is 1.27. The molecule has 0 aliphatic carbocycles. The van der Waals surface area contributed by atoms with Crippen LogP contribution in [0.2, 0.25) is 0 Å². The van der Waals surface area contributed by atoms with Crippen molar-refractivity contribution in [1.82, 2.24) is 4.98 Å². The molecule has 1 rings (SSSR count). The van der Waals surface area contributed by atoms with Crippen LogP contribution in [0.5, 0.6) is 0 Å². The molecule has 0 saturated carbocycles. The van der Waals surface area contributed by atoms with Gasteiger partial charge in [0.1, 0.15) is 10.7 Å². The minimum Gasteiger partial charge on any atom is -0.392 e. The number of rotatable bonds is 2. The molecule has 1 heterocycles. The van der Waals surface area contributed by atoms with Gasteiger partial charge in [0.2, 0.25) is 0 Å². The molecule has 0 aliphatic rings. The minimum atomic E-state index is -0.592. The van der Waals surface area contributed by atoms with Crippen LogP contribution in [0.15, 0.2) is 16.7 Å². The summed E-state index contributed by atoms with van der Waals surface area (Å²) in [7, 11) is 0. The average molecular weight is 233 g/mol. The maximum absolute atomic E-state index is 10.3. The highest BCUT2D eigenvalue weighted by Gasteiger charge is 2.12. The van der Waals surface area contributed by atoms with Crippen molar-refractivity contribution in [2.24, 2.45) is 0 Å². The lowest BCUT2D eigenvalue weighted by molar-refractivity contribution is -0.390. The standard InChI is InChI=1S/C6H5BrN2O3/c7-5-1-4(3-10)2-8-6(5)9(11)12/h1-2,10H,3H2. The smallest absolute Gasteiger partial charge is 0.377 e. The quantitative estimate of drug-likeness (QED) is 0.615. The number of pyridine rings is 1. The second-order valence-electron chi connectivity index (χ2n) is 2.06. The molecule has 0 fully saturated rings. The van der Waals surface area contributed by atoms with Gasteiger partial charge in [0.05, 0.1) is 6.61 Å². The molecule has 0 saturated heterocycles. The van der Waals surface area contributed by atoms with E-state index in [0.717, 1.165) is 0 Å². The third-order valence-corrected chi connectivity index (χ3v) is 1.82. The van der Waals surface area contributed by atoms with E-state index in [-0.39, 0.29) is 16.9 Å². The molecule has 0 aromatic carbocycles. The van der Waals surface area contributed by atoms with E-state index in [1.807, 2.05) is 0 Å². The lowest BCUT2D eigenvalue weighted by atomic mass is 10.3. The van der Waals surface area contributed by atoms with E-state index >= 15 is 0 Å². The van der Waals surface area contributed by atoms with Crippen molar-refractivity contribution in [3.05, 3.63) is 32.4 Å². The highest BCUT2D eigenvalue weighted by molar-refractivity contribution is 9.10. The van der Waals surface area contributed by atoms with Gasteiger partial charge in [-0.25, -0.2) is 0 Å². The molecule has 0 spiro atoms. The summed E-state index contributed by atoms with van der Waals surface area (Å²) in [6.45, 7) is -0.177. The SMILES string of the molecule is O=[N+]([O-])c1ncc(CO)cc1Br. The number of aliphatic hydroxyl groups is 1. The Morgan fingerprint density at radius 1 is 1.75 bits per heavy atom. The molecular formula is C6H5BrN2O3. The number of hydrogen-bond acceptors (Lipinski definition) is 4. The molecular weight excluding hydrogens is 228 g/mol. The normalized spacial score (nSPS) is 9.83. The van der Waals surface area contributed by atoms with Crippen LogP contribution in [0.1, 0.15) is 5.56 Å². The minimum absolute atomic E-state index is 0.177. The second kappa shape index (κ2) is 3.59. The van der Waals surface area contributed by atoms with E-state index in [0.29, 0.717) is 5.56 Å². The Morgan fingerprint density at radius 2 is 2.42 bits per heavy atom. The zero-order valence-electron chi connectivity index (χ0n) is 5.90. The van der Waals surface area contributed by atoms with E-state index in [1.54, 1.807) is 0 Å². The van der Waals surface area contributed by atoms with Gasteiger partial charge in [-0.15, -0.1) is 0 Å². The van der Waals surface area contributed by atoms with Gasteiger partial charge in [0, 0.05) is 5.56 Å². The van der Waals surface area contributed by atoms with Gasteiger partial charge >= 0.3 is 5.82 Å². The molecule has 0 atom stereocenters. The predicted octanol–water partition coefficient (Wildman–Crippen LogP) is 1.24. The topological polar surface area (TPSA) is 76.3 Å². The zero-order valence-corrected chi connectivity index (χ0v) is 7.48. The molecule has 1 aromatic heterocycles. The zero-order chi connectivity index (χ0) is 9.14. The predicted molar refractivity (Wildman–Crippen MR) is 44.5 cm³/mol. The lowest BCUT2D eigenvalue weighted by Gasteiger charge is -1.96. The third-order valence-electron chi connectivity index (χ3n) is 1.23. The number of aromatic nitrogens is 1. The highest BCUT2D eigenvalue weighted by atomic mass is 79.9. The third kappa shape index (κ3) is 1.77. The largest absolute Gasteiger partial charge is 0.392 e. The Labute approximate surface area is 76.3 Å². The number of hydrogen-bond donors (Lipinski definition) is 1. The van der Waals surface area contributed by atoms with Crippen molar-refractivity contribution in [3.8, 4) is 0 Å².